The lowest BCUT2D eigenvalue weighted by atomic mass is 10.1. The number of halogens is 1. The minimum atomic E-state index is -0.322. The summed E-state index contributed by atoms with van der Waals surface area (Å²) in [4.78, 5) is 30.0. The summed E-state index contributed by atoms with van der Waals surface area (Å²) < 4.78 is 16.2. The van der Waals surface area contributed by atoms with Crippen LogP contribution in [-0.2, 0) is 24.4 Å². The highest BCUT2D eigenvalue weighted by Gasteiger charge is 2.17. The molecule has 4 aromatic rings. The molecule has 7 heteroatoms. The van der Waals surface area contributed by atoms with Gasteiger partial charge in [0.25, 0.3) is 5.56 Å². The molecule has 0 aliphatic carbocycles. The van der Waals surface area contributed by atoms with Crippen molar-refractivity contribution >= 4 is 16.9 Å². The third-order valence-electron chi connectivity index (χ3n) is 4.98. The Morgan fingerprint density at radius 1 is 1.07 bits per heavy atom. The van der Waals surface area contributed by atoms with E-state index in [2.05, 4.69) is 10.3 Å². The summed E-state index contributed by atoms with van der Waals surface area (Å²) in [7, 11) is 0. The summed E-state index contributed by atoms with van der Waals surface area (Å²) >= 11 is 0. The molecule has 0 bridgehead atoms. The van der Waals surface area contributed by atoms with Crippen molar-refractivity contribution in [2.75, 3.05) is 0 Å². The minimum absolute atomic E-state index is 0.0187. The van der Waals surface area contributed by atoms with Crippen LogP contribution in [0.2, 0.25) is 0 Å². The summed E-state index contributed by atoms with van der Waals surface area (Å²) in [5, 5.41) is 2.82. The molecule has 0 unspecified atom stereocenters. The zero-order chi connectivity index (χ0) is 21.1. The summed E-state index contributed by atoms with van der Waals surface area (Å²) in [6.45, 7) is 2.62. The van der Waals surface area contributed by atoms with Crippen molar-refractivity contribution in [2.45, 2.75) is 26.6 Å². The zero-order valence-corrected chi connectivity index (χ0v) is 16.5. The standard InChI is InChI=1S/C23H21FN4O2/c1-2-27-15-26-21-19(17-6-4-3-5-7-17)13-28(22(21)23(27)30)14-20(29)25-12-16-8-10-18(24)11-9-16/h3-11,13,15H,2,12,14H2,1H3,(H,25,29). The van der Waals surface area contributed by atoms with Gasteiger partial charge in [-0.05, 0) is 30.2 Å². The number of nitrogens with one attached hydrogen (secondary N) is 1. The highest BCUT2D eigenvalue weighted by atomic mass is 19.1. The summed E-state index contributed by atoms with van der Waals surface area (Å²) in [5.74, 6) is -0.570. The maximum atomic E-state index is 13.0. The van der Waals surface area contributed by atoms with E-state index in [-0.39, 0.29) is 30.4 Å². The Balaban J connectivity index is 1.66. The average Bonchev–Trinajstić information content (AvgIpc) is 3.13. The first-order valence-corrected chi connectivity index (χ1v) is 9.71. The van der Waals surface area contributed by atoms with Crippen LogP contribution in [0.15, 0.2) is 71.9 Å². The fourth-order valence-electron chi connectivity index (χ4n) is 3.41. The van der Waals surface area contributed by atoms with Crippen LogP contribution >= 0.6 is 0 Å². The highest BCUT2D eigenvalue weighted by molar-refractivity contribution is 5.93. The van der Waals surface area contributed by atoms with E-state index in [1.807, 2.05) is 37.3 Å². The molecule has 30 heavy (non-hydrogen) atoms. The van der Waals surface area contributed by atoms with E-state index in [4.69, 9.17) is 0 Å². The number of carbonyl (C=O) groups excluding carboxylic acids is 1. The monoisotopic (exact) mass is 404 g/mol. The van der Waals surface area contributed by atoms with Gasteiger partial charge in [0.2, 0.25) is 5.91 Å². The fourth-order valence-corrected chi connectivity index (χ4v) is 3.41. The Morgan fingerprint density at radius 3 is 2.50 bits per heavy atom. The average molecular weight is 404 g/mol. The third-order valence-corrected chi connectivity index (χ3v) is 4.98. The molecular weight excluding hydrogens is 383 g/mol. The van der Waals surface area contributed by atoms with Crippen LogP contribution in [0.3, 0.4) is 0 Å². The minimum Gasteiger partial charge on any atom is -0.350 e. The summed E-state index contributed by atoms with van der Waals surface area (Å²) in [6.07, 6.45) is 3.34. The molecule has 2 aromatic heterocycles. The molecule has 2 aromatic carbocycles. The van der Waals surface area contributed by atoms with Gasteiger partial charge in [-0.15, -0.1) is 0 Å². The van der Waals surface area contributed by atoms with Gasteiger partial charge in [-0.2, -0.15) is 0 Å². The Kier molecular flexibility index (Phi) is 5.43. The molecule has 152 valence electrons. The maximum absolute atomic E-state index is 13.0. The van der Waals surface area contributed by atoms with Crippen LogP contribution in [0, 0.1) is 5.82 Å². The molecule has 4 rings (SSSR count). The van der Waals surface area contributed by atoms with Gasteiger partial charge < -0.3 is 9.88 Å². The lowest BCUT2D eigenvalue weighted by Gasteiger charge is -2.08. The molecule has 0 atom stereocenters. The second kappa shape index (κ2) is 8.32. The molecule has 0 fully saturated rings. The molecule has 0 spiro atoms. The number of aromatic nitrogens is 3. The van der Waals surface area contributed by atoms with Gasteiger partial charge in [-0.3, -0.25) is 14.2 Å². The third kappa shape index (κ3) is 3.87. The molecule has 0 radical (unpaired) electrons. The van der Waals surface area contributed by atoms with Gasteiger partial charge in [-0.1, -0.05) is 42.5 Å². The summed E-state index contributed by atoms with van der Waals surface area (Å²) in [6, 6.07) is 15.6. The normalized spacial score (nSPS) is 11.0. The van der Waals surface area contributed by atoms with E-state index in [1.54, 1.807) is 22.9 Å². The fraction of sp³-hybridized carbons (Fsp3) is 0.174. The van der Waals surface area contributed by atoms with Crippen molar-refractivity contribution < 1.29 is 9.18 Å². The van der Waals surface area contributed by atoms with Crippen LogP contribution < -0.4 is 10.9 Å². The van der Waals surface area contributed by atoms with Crippen LogP contribution in [-0.4, -0.2) is 20.0 Å². The van der Waals surface area contributed by atoms with Crippen molar-refractivity contribution in [1.29, 1.82) is 0 Å². The van der Waals surface area contributed by atoms with Gasteiger partial charge in [0, 0.05) is 24.8 Å². The van der Waals surface area contributed by atoms with Crippen molar-refractivity contribution in [3.63, 3.8) is 0 Å². The number of aryl methyl sites for hydroxylation is 1. The van der Waals surface area contributed by atoms with Gasteiger partial charge in [0.05, 0.1) is 6.33 Å². The van der Waals surface area contributed by atoms with Gasteiger partial charge in [0.15, 0.2) is 0 Å². The number of rotatable bonds is 6. The van der Waals surface area contributed by atoms with E-state index < -0.39 is 0 Å². The molecule has 0 aliphatic rings. The van der Waals surface area contributed by atoms with Crippen molar-refractivity contribution in [3.05, 3.63) is 88.9 Å². The zero-order valence-electron chi connectivity index (χ0n) is 16.5. The molecule has 0 aliphatic heterocycles. The van der Waals surface area contributed by atoms with Crippen molar-refractivity contribution in [1.82, 2.24) is 19.4 Å². The molecule has 1 amide bonds. The van der Waals surface area contributed by atoms with Gasteiger partial charge in [0.1, 0.15) is 23.4 Å². The Morgan fingerprint density at radius 2 is 1.80 bits per heavy atom. The molecular formula is C23H21FN4O2. The predicted octanol–water partition coefficient (Wildman–Crippen LogP) is 3.34. The molecule has 2 heterocycles. The number of fused-ring (bicyclic) bond motifs is 1. The number of benzene rings is 2. The van der Waals surface area contributed by atoms with Crippen LogP contribution in [0.4, 0.5) is 4.39 Å². The van der Waals surface area contributed by atoms with E-state index in [0.29, 0.717) is 17.6 Å². The first kappa shape index (κ1) is 19.6. The van der Waals surface area contributed by atoms with Crippen LogP contribution in [0.1, 0.15) is 12.5 Å². The van der Waals surface area contributed by atoms with Gasteiger partial charge >= 0.3 is 0 Å². The molecule has 0 saturated heterocycles. The SMILES string of the molecule is CCn1cnc2c(-c3ccccc3)cn(CC(=O)NCc3ccc(F)cc3)c2c1=O. The lowest BCUT2D eigenvalue weighted by Crippen LogP contribution is -2.28. The topological polar surface area (TPSA) is 68.9 Å². The van der Waals surface area contributed by atoms with E-state index in [0.717, 1.165) is 16.7 Å². The largest absolute Gasteiger partial charge is 0.350 e. The summed E-state index contributed by atoms with van der Waals surface area (Å²) in [5.41, 5.74) is 3.31. The first-order chi connectivity index (χ1) is 14.6. The Bertz CT molecular complexity index is 1240. The van der Waals surface area contributed by atoms with Crippen molar-refractivity contribution in [3.8, 4) is 11.1 Å². The number of hydrogen-bond acceptors (Lipinski definition) is 3. The number of hydrogen-bond donors (Lipinski definition) is 1. The first-order valence-electron chi connectivity index (χ1n) is 9.71. The number of amides is 1. The van der Waals surface area contributed by atoms with E-state index in [9.17, 15) is 14.0 Å². The smallest absolute Gasteiger partial charge is 0.277 e. The van der Waals surface area contributed by atoms with Gasteiger partial charge in [-0.25, -0.2) is 9.37 Å². The number of nitrogens with zero attached hydrogens (tertiary/aromatic N) is 3. The lowest BCUT2D eigenvalue weighted by molar-refractivity contribution is -0.121. The number of carbonyl (C=O) groups is 1. The highest BCUT2D eigenvalue weighted by Crippen LogP contribution is 2.27. The Hall–Kier alpha value is -3.74. The quantitative estimate of drug-likeness (QED) is 0.536. The molecule has 1 N–H and O–H groups in total. The van der Waals surface area contributed by atoms with E-state index >= 15 is 0 Å². The predicted molar refractivity (Wildman–Crippen MR) is 113 cm³/mol. The van der Waals surface area contributed by atoms with Crippen molar-refractivity contribution in [2.24, 2.45) is 0 Å². The van der Waals surface area contributed by atoms with Crippen LogP contribution in [0.25, 0.3) is 22.2 Å². The van der Waals surface area contributed by atoms with Crippen LogP contribution in [0.5, 0.6) is 0 Å². The Labute approximate surface area is 172 Å². The second-order valence-corrected chi connectivity index (χ2v) is 6.97. The molecule has 0 saturated carbocycles. The maximum Gasteiger partial charge on any atom is 0.277 e. The van der Waals surface area contributed by atoms with E-state index in [1.165, 1.54) is 23.0 Å². The molecule has 6 nitrogen and oxygen atoms in total. The second-order valence-electron chi connectivity index (χ2n) is 6.97.